The van der Waals surface area contributed by atoms with Crippen LogP contribution in [0.1, 0.15) is 37.7 Å². The first kappa shape index (κ1) is 25.8. The number of amides is 2. The molecule has 2 heterocycles. The van der Waals surface area contributed by atoms with Gasteiger partial charge in [0, 0.05) is 37.7 Å². The van der Waals surface area contributed by atoms with E-state index in [1.54, 1.807) is 12.4 Å². The van der Waals surface area contributed by atoms with Crippen LogP contribution >= 0.6 is 0 Å². The Morgan fingerprint density at radius 1 is 0.886 bits per heavy atom. The van der Waals surface area contributed by atoms with Gasteiger partial charge in [0.2, 0.25) is 5.91 Å². The summed E-state index contributed by atoms with van der Waals surface area (Å²) in [5, 5.41) is 5.71. The molecule has 2 N–H and O–H groups in total. The predicted molar refractivity (Wildman–Crippen MR) is 136 cm³/mol. The van der Waals surface area contributed by atoms with E-state index in [9.17, 15) is 9.59 Å². The molecule has 2 amide bonds. The third-order valence-electron chi connectivity index (χ3n) is 4.91. The highest BCUT2D eigenvalue weighted by Crippen LogP contribution is 2.12. The minimum Gasteiger partial charge on any atom is -0.444 e. The van der Waals surface area contributed by atoms with Crippen LogP contribution in [0.5, 0.6) is 0 Å². The monoisotopic (exact) mass is 475 g/mol. The van der Waals surface area contributed by atoms with Gasteiger partial charge in [0.05, 0.1) is 17.9 Å². The number of benzene rings is 1. The van der Waals surface area contributed by atoms with Crippen LogP contribution in [0.2, 0.25) is 0 Å². The number of nitrogens with one attached hydrogen (secondary N) is 2. The lowest BCUT2D eigenvalue weighted by Gasteiger charge is -2.21. The van der Waals surface area contributed by atoms with E-state index in [2.05, 4.69) is 20.6 Å². The molecule has 0 atom stereocenters. The smallest absolute Gasteiger partial charge is 0.407 e. The van der Waals surface area contributed by atoms with Gasteiger partial charge in [-0.05, 0) is 69.2 Å². The van der Waals surface area contributed by atoms with Crippen LogP contribution in [-0.2, 0) is 29.0 Å². The zero-order valence-electron chi connectivity index (χ0n) is 20.5. The van der Waals surface area contributed by atoms with Crippen LogP contribution in [0, 0.1) is 0 Å². The summed E-state index contributed by atoms with van der Waals surface area (Å²) in [6.45, 7) is 7.23. The summed E-state index contributed by atoms with van der Waals surface area (Å²) in [7, 11) is 0. The Labute approximate surface area is 206 Å². The van der Waals surface area contributed by atoms with Gasteiger partial charge in [0.25, 0.3) is 0 Å². The molecule has 0 bridgehead atoms. The van der Waals surface area contributed by atoms with Gasteiger partial charge in [-0.1, -0.05) is 24.3 Å². The molecule has 1 aromatic carbocycles. The van der Waals surface area contributed by atoms with E-state index in [-0.39, 0.29) is 12.5 Å². The molecule has 0 aliphatic heterocycles. The highest BCUT2D eigenvalue weighted by Gasteiger charge is 2.16. The fraction of sp³-hybridized carbons (Fsp3) is 0.333. The van der Waals surface area contributed by atoms with Crippen LogP contribution in [-0.4, -0.2) is 45.6 Å². The minimum atomic E-state index is -0.519. The Balaban J connectivity index is 1.51. The molecule has 3 aromatic rings. The largest absolute Gasteiger partial charge is 0.444 e. The predicted octanol–water partition coefficient (Wildman–Crippen LogP) is 4.18. The third-order valence-corrected chi connectivity index (χ3v) is 4.91. The molecule has 0 unspecified atom stereocenters. The van der Waals surface area contributed by atoms with E-state index in [0.29, 0.717) is 26.1 Å². The lowest BCUT2D eigenvalue weighted by atomic mass is 10.1. The second-order valence-corrected chi connectivity index (χ2v) is 9.21. The van der Waals surface area contributed by atoms with Gasteiger partial charge >= 0.3 is 6.09 Å². The highest BCUT2D eigenvalue weighted by atomic mass is 16.6. The summed E-state index contributed by atoms with van der Waals surface area (Å²) in [4.78, 5) is 35.3. The quantitative estimate of drug-likeness (QED) is 0.457. The number of carbonyl (C=O) groups is 2. The normalized spacial score (nSPS) is 11.2. The molecule has 3 rings (SSSR count). The van der Waals surface area contributed by atoms with Gasteiger partial charge in [0.15, 0.2) is 0 Å². The maximum absolute atomic E-state index is 12.8. The van der Waals surface area contributed by atoms with E-state index >= 15 is 0 Å². The van der Waals surface area contributed by atoms with Crippen LogP contribution in [0.15, 0.2) is 73.1 Å². The van der Waals surface area contributed by atoms with Crippen molar-refractivity contribution in [2.45, 2.75) is 45.9 Å². The van der Waals surface area contributed by atoms with E-state index in [1.807, 2.05) is 86.3 Å². The SMILES string of the molecule is CC(C)(C)OC(=O)NCCc1ccc(NC(=O)CN(Cc2ccccn2)Cc2ccccn2)cc1. The summed E-state index contributed by atoms with van der Waals surface area (Å²) in [6.07, 6.45) is 3.73. The Morgan fingerprint density at radius 3 is 2.00 bits per heavy atom. The molecule has 0 radical (unpaired) electrons. The van der Waals surface area contributed by atoms with E-state index in [4.69, 9.17) is 4.74 Å². The fourth-order valence-corrected chi connectivity index (χ4v) is 3.39. The maximum atomic E-state index is 12.8. The van der Waals surface area contributed by atoms with Gasteiger partial charge in [-0.3, -0.25) is 19.7 Å². The molecular weight excluding hydrogens is 442 g/mol. The van der Waals surface area contributed by atoms with Gasteiger partial charge in [0.1, 0.15) is 5.60 Å². The first-order valence-corrected chi connectivity index (χ1v) is 11.6. The van der Waals surface area contributed by atoms with Gasteiger partial charge in [-0.15, -0.1) is 0 Å². The first-order chi connectivity index (χ1) is 16.8. The van der Waals surface area contributed by atoms with Crippen molar-refractivity contribution < 1.29 is 14.3 Å². The summed E-state index contributed by atoms with van der Waals surface area (Å²) in [5.74, 6) is -0.115. The van der Waals surface area contributed by atoms with Crippen molar-refractivity contribution in [3.8, 4) is 0 Å². The van der Waals surface area contributed by atoms with Crippen molar-refractivity contribution in [2.75, 3.05) is 18.4 Å². The van der Waals surface area contributed by atoms with Crippen molar-refractivity contribution in [2.24, 2.45) is 0 Å². The average molecular weight is 476 g/mol. The lowest BCUT2D eigenvalue weighted by Crippen LogP contribution is -2.33. The highest BCUT2D eigenvalue weighted by molar-refractivity contribution is 5.92. The summed E-state index contributed by atoms with van der Waals surface area (Å²) in [6, 6.07) is 19.1. The molecule has 8 nitrogen and oxygen atoms in total. The average Bonchev–Trinajstić information content (AvgIpc) is 2.80. The molecule has 0 fully saturated rings. The molecule has 184 valence electrons. The number of alkyl carbamates (subject to hydrolysis) is 1. The number of hydrogen-bond donors (Lipinski definition) is 2. The van der Waals surface area contributed by atoms with Crippen LogP contribution in [0.25, 0.3) is 0 Å². The zero-order valence-corrected chi connectivity index (χ0v) is 20.5. The van der Waals surface area contributed by atoms with E-state index in [1.165, 1.54) is 0 Å². The summed E-state index contributed by atoms with van der Waals surface area (Å²) in [5.41, 5.74) is 3.02. The number of anilines is 1. The Bertz CT molecular complexity index is 1030. The van der Waals surface area contributed by atoms with Crippen molar-refractivity contribution in [3.05, 3.63) is 90.0 Å². The number of pyridine rings is 2. The van der Waals surface area contributed by atoms with Crippen LogP contribution < -0.4 is 10.6 Å². The molecule has 0 aliphatic rings. The Morgan fingerprint density at radius 2 is 1.49 bits per heavy atom. The molecule has 0 aliphatic carbocycles. The molecule has 0 saturated heterocycles. The van der Waals surface area contributed by atoms with Crippen LogP contribution in [0.3, 0.4) is 0 Å². The zero-order chi connectivity index (χ0) is 25.1. The van der Waals surface area contributed by atoms with E-state index < -0.39 is 11.7 Å². The Kier molecular flexibility index (Phi) is 9.31. The molecule has 2 aromatic heterocycles. The molecule has 0 saturated carbocycles. The van der Waals surface area contributed by atoms with Gasteiger partial charge in [-0.25, -0.2) is 4.79 Å². The van der Waals surface area contributed by atoms with Crippen molar-refractivity contribution >= 4 is 17.7 Å². The number of ether oxygens (including phenoxy) is 1. The van der Waals surface area contributed by atoms with Crippen molar-refractivity contribution in [3.63, 3.8) is 0 Å². The maximum Gasteiger partial charge on any atom is 0.407 e. The molecule has 35 heavy (non-hydrogen) atoms. The van der Waals surface area contributed by atoms with Gasteiger partial charge < -0.3 is 15.4 Å². The van der Waals surface area contributed by atoms with E-state index in [0.717, 1.165) is 22.6 Å². The first-order valence-electron chi connectivity index (χ1n) is 11.6. The molecule has 0 spiro atoms. The number of hydrogen-bond acceptors (Lipinski definition) is 6. The Hall–Kier alpha value is -3.78. The van der Waals surface area contributed by atoms with Gasteiger partial charge in [-0.2, -0.15) is 0 Å². The lowest BCUT2D eigenvalue weighted by molar-refractivity contribution is -0.117. The number of nitrogens with zero attached hydrogens (tertiary/aromatic N) is 3. The molecular formula is C27H33N5O3. The summed E-state index contributed by atoms with van der Waals surface area (Å²) < 4.78 is 5.24. The number of carbonyl (C=O) groups excluding carboxylic acids is 2. The van der Waals surface area contributed by atoms with Crippen LogP contribution in [0.4, 0.5) is 10.5 Å². The van der Waals surface area contributed by atoms with Crippen molar-refractivity contribution in [1.82, 2.24) is 20.2 Å². The topological polar surface area (TPSA) is 96.5 Å². The number of aromatic nitrogens is 2. The third kappa shape index (κ3) is 9.93. The number of rotatable bonds is 10. The van der Waals surface area contributed by atoms with Crippen molar-refractivity contribution in [1.29, 1.82) is 0 Å². The standard InChI is InChI=1S/C27H33N5O3/c1-27(2,3)35-26(34)30-17-14-21-10-12-22(13-11-21)31-25(33)20-32(18-23-8-4-6-15-28-23)19-24-9-5-7-16-29-24/h4-13,15-16H,14,17-20H2,1-3H3,(H,30,34)(H,31,33). The minimum absolute atomic E-state index is 0.115. The second-order valence-electron chi connectivity index (χ2n) is 9.21. The summed E-state index contributed by atoms with van der Waals surface area (Å²) >= 11 is 0. The molecule has 8 heteroatoms. The second kappa shape index (κ2) is 12.6. The fourth-order valence-electron chi connectivity index (χ4n) is 3.39.